The predicted octanol–water partition coefficient (Wildman–Crippen LogP) is 3.51. The minimum atomic E-state index is 0.702. The Morgan fingerprint density at radius 2 is 1.95 bits per heavy atom. The number of pyridine rings is 1. The Morgan fingerprint density at radius 3 is 2.81 bits per heavy atom. The maximum Gasteiger partial charge on any atom is 0.130 e. The van der Waals surface area contributed by atoms with E-state index in [0.717, 1.165) is 34.7 Å². The molecule has 2 heterocycles. The van der Waals surface area contributed by atoms with Crippen LogP contribution in [0.1, 0.15) is 24.0 Å². The Balaban J connectivity index is 1.85. The van der Waals surface area contributed by atoms with Crippen molar-refractivity contribution in [3.8, 4) is 0 Å². The SMILES string of the molecule is CCc1cc(NCc2cccc3cccnc23)nc(C)n1. The number of para-hydroxylation sites is 1. The van der Waals surface area contributed by atoms with Crippen LogP contribution in [0.25, 0.3) is 10.9 Å². The monoisotopic (exact) mass is 278 g/mol. The van der Waals surface area contributed by atoms with Gasteiger partial charge < -0.3 is 5.32 Å². The van der Waals surface area contributed by atoms with Gasteiger partial charge in [-0.2, -0.15) is 0 Å². The summed E-state index contributed by atoms with van der Waals surface area (Å²) in [6.07, 6.45) is 2.74. The van der Waals surface area contributed by atoms with Crippen molar-refractivity contribution in [3.05, 3.63) is 59.7 Å². The third-order valence-electron chi connectivity index (χ3n) is 3.43. The van der Waals surface area contributed by atoms with Gasteiger partial charge in [-0.25, -0.2) is 9.97 Å². The highest BCUT2D eigenvalue weighted by molar-refractivity contribution is 5.81. The van der Waals surface area contributed by atoms with E-state index < -0.39 is 0 Å². The van der Waals surface area contributed by atoms with Crippen molar-refractivity contribution in [1.82, 2.24) is 15.0 Å². The minimum absolute atomic E-state index is 0.702. The van der Waals surface area contributed by atoms with E-state index in [4.69, 9.17) is 0 Å². The molecule has 4 heteroatoms. The molecule has 0 aliphatic carbocycles. The molecular formula is C17H18N4. The molecule has 21 heavy (non-hydrogen) atoms. The molecule has 0 amide bonds. The molecule has 2 aromatic heterocycles. The zero-order valence-electron chi connectivity index (χ0n) is 12.3. The topological polar surface area (TPSA) is 50.7 Å². The first-order chi connectivity index (χ1) is 10.3. The number of benzene rings is 1. The van der Waals surface area contributed by atoms with Crippen LogP contribution in [-0.4, -0.2) is 15.0 Å². The molecule has 0 aliphatic rings. The normalized spacial score (nSPS) is 10.8. The minimum Gasteiger partial charge on any atom is -0.366 e. The lowest BCUT2D eigenvalue weighted by atomic mass is 10.1. The van der Waals surface area contributed by atoms with Crippen molar-refractivity contribution in [2.45, 2.75) is 26.8 Å². The molecule has 0 radical (unpaired) electrons. The number of anilines is 1. The van der Waals surface area contributed by atoms with Gasteiger partial charge in [0.2, 0.25) is 0 Å². The molecule has 0 saturated heterocycles. The number of aromatic nitrogens is 3. The van der Waals surface area contributed by atoms with Gasteiger partial charge in [0.25, 0.3) is 0 Å². The maximum absolute atomic E-state index is 4.47. The molecule has 0 spiro atoms. The Hall–Kier alpha value is -2.49. The fourth-order valence-corrected chi connectivity index (χ4v) is 2.40. The molecule has 1 N–H and O–H groups in total. The summed E-state index contributed by atoms with van der Waals surface area (Å²) in [4.78, 5) is 13.3. The molecule has 0 aliphatic heterocycles. The Labute approximate surface area is 124 Å². The first-order valence-electron chi connectivity index (χ1n) is 7.17. The van der Waals surface area contributed by atoms with E-state index in [1.807, 2.05) is 25.3 Å². The van der Waals surface area contributed by atoms with Crippen LogP contribution in [0, 0.1) is 6.92 Å². The first kappa shape index (κ1) is 13.5. The van der Waals surface area contributed by atoms with Crippen molar-refractivity contribution >= 4 is 16.7 Å². The highest BCUT2D eigenvalue weighted by Gasteiger charge is 2.04. The van der Waals surface area contributed by atoms with Crippen molar-refractivity contribution in [1.29, 1.82) is 0 Å². The van der Waals surface area contributed by atoms with Crippen LogP contribution in [0.5, 0.6) is 0 Å². The number of hydrogen-bond donors (Lipinski definition) is 1. The van der Waals surface area contributed by atoms with Gasteiger partial charge in [-0.3, -0.25) is 4.98 Å². The van der Waals surface area contributed by atoms with E-state index in [2.05, 4.69) is 51.5 Å². The molecule has 1 aromatic carbocycles. The summed E-state index contributed by atoms with van der Waals surface area (Å²) in [6, 6.07) is 12.3. The number of nitrogens with zero attached hydrogens (tertiary/aromatic N) is 3. The zero-order valence-corrected chi connectivity index (χ0v) is 12.3. The second kappa shape index (κ2) is 5.87. The van der Waals surface area contributed by atoms with E-state index >= 15 is 0 Å². The summed E-state index contributed by atoms with van der Waals surface area (Å²) in [7, 11) is 0. The van der Waals surface area contributed by atoms with Crippen LogP contribution in [0.15, 0.2) is 42.6 Å². The quantitative estimate of drug-likeness (QED) is 0.793. The lowest BCUT2D eigenvalue weighted by Crippen LogP contribution is -2.05. The van der Waals surface area contributed by atoms with Gasteiger partial charge in [-0.05, 0) is 25.0 Å². The molecule has 0 bridgehead atoms. The van der Waals surface area contributed by atoms with Crippen molar-refractivity contribution < 1.29 is 0 Å². The summed E-state index contributed by atoms with van der Waals surface area (Å²) < 4.78 is 0. The number of aryl methyl sites for hydroxylation is 2. The molecule has 0 atom stereocenters. The second-order valence-electron chi connectivity index (χ2n) is 4.99. The number of nitrogens with one attached hydrogen (secondary N) is 1. The standard InChI is InChI=1S/C17H18N4/c1-3-15-10-16(21-12(2)20-15)19-11-14-7-4-6-13-8-5-9-18-17(13)14/h4-10H,3,11H2,1-2H3,(H,19,20,21). The van der Waals surface area contributed by atoms with Crippen molar-refractivity contribution in [2.75, 3.05) is 5.32 Å². The van der Waals surface area contributed by atoms with Gasteiger partial charge in [0.15, 0.2) is 0 Å². The van der Waals surface area contributed by atoms with Crippen LogP contribution < -0.4 is 5.32 Å². The Morgan fingerprint density at radius 1 is 1.10 bits per heavy atom. The van der Waals surface area contributed by atoms with E-state index in [0.29, 0.717) is 6.54 Å². The van der Waals surface area contributed by atoms with Crippen LogP contribution in [0.4, 0.5) is 5.82 Å². The lowest BCUT2D eigenvalue weighted by molar-refractivity contribution is 0.942. The van der Waals surface area contributed by atoms with E-state index in [9.17, 15) is 0 Å². The lowest BCUT2D eigenvalue weighted by Gasteiger charge is -2.09. The third-order valence-corrected chi connectivity index (χ3v) is 3.43. The van der Waals surface area contributed by atoms with Crippen LogP contribution in [-0.2, 0) is 13.0 Å². The van der Waals surface area contributed by atoms with Crippen LogP contribution in [0.2, 0.25) is 0 Å². The predicted molar refractivity (Wildman–Crippen MR) is 85.2 cm³/mol. The van der Waals surface area contributed by atoms with Gasteiger partial charge in [0.05, 0.1) is 5.52 Å². The van der Waals surface area contributed by atoms with E-state index in [1.165, 1.54) is 5.56 Å². The average molecular weight is 278 g/mol. The van der Waals surface area contributed by atoms with E-state index in [-0.39, 0.29) is 0 Å². The second-order valence-corrected chi connectivity index (χ2v) is 4.99. The van der Waals surface area contributed by atoms with Crippen molar-refractivity contribution in [3.63, 3.8) is 0 Å². The Kier molecular flexibility index (Phi) is 3.77. The number of hydrogen-bond acceptors (Lipinski definition) is 4. The largest absolute Gasteiger partial charge is 0.366 e. The van der Waals surface area contributed by atoms with Gasteiger partial charge in [-0.15, -0.1) is 0 Å². The summed E-state index contributed by atoms with van der Waals surface area (Å²) in [5.74, 6) is 1.67. The molecule has 0 fully saturated rings. The highest BCUT2D eigenvalue weighted by Crippen LogP contribution is 2.17. The fraction of sp³-hybridized carbons (Fsp3) is 0.235. The van der Waals surface area contributed by atoms with Gasteiger partial charge in [-0.1, -0.05) is 31.2 Å². The van der Waals surface area contributed by atoms with Crippen molar-refractivity contribution in [2.24, 2.45) is 0 Å². The Bertz CT molecular complexity index is 762. The smallest absolute Gasteiger partial charge is 0.130 e. The number of rotatable bonds is 4. The fourth-order valence-electron chi connectivity index (χ4n) is 2.40. The highest BCUT2D eigenvalue weighted by atomic mass is 15.0. The zero-order chi connectivity index (χ0) is 14.7. The first-order valence-corrected chi connectivity index (χ1v) is 7.17. The number of fused-ring (bicyclic) bond motifs is 1. The summed E-state index contributed by atoms with van der Waals surface area (Å²) in [5, 5.41) is 4.53. The van der Waals surface area contributed by atoms with Gasteiger partial charge in [0.1, 0.15) is 11.6 Å². The molecule has 3 aromatic rings. The van der Waals surface area contributed by atoms with Gasteiger partial charge >= 0.3 is 0 Å². The maximum atomic E-state index is 4.47. The van der Waals surface area contributed by atoms with E-state index in [1.54, 1.807) is 0 Å². The average Bonchev–Trinajstić information content (AvgIpc) is 2.52. The molecule has 106 valence electrons. The third kappa shape index (κ3) is 2.99. The summed E-state index contributed by atoms with van der Waals surface area (Å²) in [6.45, 7) is 4.72. The summed E-state index contributed by atoms with van der Waals surface area (Å²) >= 11 is 0. The van der Waals surface area contributed by atoms with Crippen LogP contribution in [0.3, 0.4) is 0 Å². The summed E-state index contributed by atoms with van der Waals surface area (Å²) in [5.41, 5.74) is 3.26. The molecule has 0 saturated carbocycles. The molecule has 4 nitrogen and oxygen atoms in total. The molecular weight excluding hydrogens is 260 g/mol. The molecule has 0 unspecified atom stereocenters. The van der Waals surface area contributed by atoms with Crippen LogP contribution >= 0.6 is 0 Å². The van der Waals surface area contributed by atoms with Gasteiger partial charge in [0, 0.05) is 29.9 Å². The molecule has 3 rings (SSSR count).